The monoisotopic (exact) mass is 268 g/mol. The highest BCUT2D eigenvalue weighted by atomic mass is 32.2. The van der Waals surface area contributed by atoms with E-state index < -0.39 is 5.97 Å². The third-order valence-electron chi connectivity index (χ3n) is 2.13. The van der Waals surface area contributed by atoms with Crippen molar-refractivity contribution in [1.82, 2.24) is 10.3 Å². The molecule has 0 saturated carbocycles. The van der Waals surface area contributed by atoms with Crippen molar-refractivity contribution in [3.05, 3.63) is 30.1 Å². The number of nitrogens with one attached hydrogen (secondary N) is 1. The van der Waals surface area contributed by atoms with Gasteiger partial charge >= 0.3 is 5.97 Å². The van der Waals surface area contributed by atoms with Crippen LogP contribution >= 0.6 is 11.8 Å². The summed E-state index contributed by atoms with van der Waals surface area (Å²) >= 11 is 1.29. The molecular weight excluding hydrogens is 252 g/mol. The van der Waals surface area contributed by atoms with Gasteiger partial charge in [0.15, 0.2) is 0 Å². The largest absolute Gasteiger partial charge is 0.481 e. The zero-order valence-corrected chi connectivity index (χ0v) is 10.8. The van der Waals surface area contributed by atoms with E-state index in [0.29, 0.717) is 25.1 Å². The van der Waals surface area contributed by atoms with Gasteiger partial charge in [0.2, 0.25) is 5.91 Å². The summed E-state index contributed by atoms with van der Waals surface area (Å²) in [5.74, 6) is -0.177. The lowest BCUT2D eigenvalue weighted by atomic mass is 10.2. The Kier molecular flexibility index (Phi) is 6.86. The van der Waals surface area contributed by atoms with E-state index in [1.807, 2.05) is 18.2 Å². The fourth-order valence-electron chi connectivity index (χ4n) is 1.30. The van der Waals surface area contributed by atoms with E-state index in [0.717, 1.165) is 5.69 Å². The lowest BCUT2D eigenvalue weighted by molar-refractivity contribution is -0.133. The number of carbonyl (C=O) groups is 2. The van der Waals surface area contributed by atoms with Crippen molar-refractivity contribution in [2.75, 3.05) is 18.1 Å². The summed E-state index contributed by atoms with van der Waals surface area (Å²) in [5.41, 5.74) is 0.896. The molecule has 1 rings (SSSR count). The fraction of sp³-hybridized carbons (Fsp3) is 0.417. The van der Waals surface area contributed by atoms with Crippen LogP contribution in [0.3, 0.4) is 0 Å². The topological polar surface area (TPSA) is 79.3 Å². The summed E-state index contributed by atoms with van der Waals surface area (Å²) in [5, 5.41) is 11.2. The first-order valence-corrected chi connectivity index (χ1v) is 6.80. The second-order valence-corrected chi connectivity index (χ2v) is 4.72. The number of aromatic nitrogens is 1. The van der Waals surface area contributed by atoms with Crippen molar-refractivity contribution >= 4 is 23.6 Å². The number of rotatable bonds is 8. The number of pyridine rings is 1. The van der Waals surface area contributed by atoms with Gasteiger partial charge in [0.1, 0.15) is 0 Å². The molecule has 2 N–H and O–H groups in total. The zero-order chi connectivity index (χ0) is 13.2. The minimum absolute atomic E-state index is 0.0309. The molecule has 0 saturated heterocycles. The Balaban J connectivity index is 2.06. The first-order valence-electron chi connectivity index (χ1n) is 5.64. The van der Waals surface area contributed by atoms with Crippen molar-refractivity contribution in [2.45, 2.75) is 12.8 Å². The third kappa shape index (κ3) is 6.90. The number of carbonyl (C=O) groups excluding carboxylic acids is 1. The molecule has 0 fully saturated rings. The minimum atomic E-state index is -0.832. The van der Waals surface area contributed by atoms with Gasteiger partial charge in [-0.25, -0.2) is 0 Å². The number of nitrogens with zero attached hydrogens (tertiary/aromatic N) is 1. The summed E-state index contributed by atoms with van der Waals surface area (Å²) in [6.45, 7) is 0.499. The van der Waals surface area contributed by atoms with Gasteiger partial charge in [0.25, 0.3) is 0 Å². The number of amides is 1. The molecule has 0 spiro atoms. The number of carboxylic acid groups (broad SMARTS) is 1. The smallest absolute Gasteiger partial charge is 0.313 e. The quantitative estimate of drug-likeness (QED) is 0.686. The van der Waals surface area contributed by atoms with E-state index in [2.05, 4.69) is 10.3 Å². The highest BCUT2D eigenvalue weighted by Crippen LogP contribution is 1.99. The van der Waals surface area contributed by atoms with Crippen molar-refractivity contribution in [3.8, 4) is 0 Å². The highest BCUT2D eigenvalue weighted by molar-refractivity contribution is 7.99. The Morgan fingerprint density at radius 1 is 1.39 bits per heavy atom. The van der Waals surface area contributed by atoms with Crippen molar-refractivity contribution in [3.63, 3.8) is 0 Å². The van der Waals surface area contributed by atoms with Crippen molar-refractivity contribution < 1.29 is 14.7 Å². The second kappa shape index (κ2) is 8.52. The SMILES string of the molecule is O=C(O)CSCCNC(=O)CCc1ccccn1. The molecular formula is C12H16N2O3S. The number of hydrogen-bond donors (Lipinski definition) is 2. The normalized spacial score (nSPS) is 10.0. The van der Waals surface area contributed by atoms with Gasteiger partial charge in [-0.3, -0.25) is 14.6 Å². The molecule has 1 aromatic rings. The van der Waals surface area contributed by atoms with E-state index in [-0.39, 0.29) is 11.7 Å². The molecule has 98 valence electrons. The Bertz CT molecular complexity index is 384. The first-order chi connectivity index (χ1) is 8.68. The molecule has 0 aromatic carbocycles. The first kappa shape index (κ1) is 14.5. The van der Waals surface area contributed by atoms with Crippen LogP contribution in [0.15, 0.2) is 24.4 Å². The standard InChI is InChI=1S/C12H16N2O3S/c15-11(14-7-8-18-9-12(16)17)5-4-10-3-1-2-6-13-10/h1-3,6H,4-5,7-9H2,(H,14,15)(H,16,17). The van der Waals surface area contributed by atoms with Crippen LogP contribution in [0.2, 0.25) is 0 Å². The van der Waals surface area contributed by atoms with Crippen LogP contribution in [0.4, 0.5) is 0 Å². The Morgan fingerprint density at radius 2 is 2.22 bits per heavy atom. The maximum atomic E-state index is 11.4. The van der Waals surface area contributed by atoms with Crippen LogP contribution < -0.4 is 5.32 Å². The van der Waals surface area contributed by atoms with E-state index in [9.17, 15) is 9.59 Å². The van der Waals surface area contributed by atoms with E-state index in [4.69, 9.17) is 5.11 Å². The maximum absolute atomic E-state index is 11.4. The third-order valence-corrected chi connectivity index (χ3v) is 3.07. The van der Waals surface area contributed by atoms with Gasteiger partial charge in [-0.15, -0.1) is 11.8 Å². The lowest BCUT2D eigenvalue weighted by Crippen LogP contribution is -2.26. The molecule has 5 nitrogen and oxygen atoms in total. The van der Waals surface area contributed by atoms with Crippen molar-refractivity contribution in [2.24, 2.45) is 0 Å². The molecule has 1 heterocycles. The average molecular weight is 268 g/mol. The maximum Gasteiger partial charge on any atom is 0.313 e. The molecule has 0 atom stereocenters. The zero-order valence-electron chi connectivity index (χ0n) is 9.96. The van der Waals surface area contributed by atoms with Gasteiger partial charge in [-0.2, -0.15) is 0 Å². The summed E-state index contributed by atoms with van der Waals surface area (Å²) in [7, 11) is 0. The van der Waals surface area contributed by atoms with E-state index >= 15 is 0 Å². The fourth-order valence-corrected chi connectivity index (χ4v) is 1.86. The van der Waals surface area contributed by atoms with Gasteiger partial charge in [0, 0.05) is 30.6 Å². The number of hydrogen-bond acceptors (Lipinski definition) is 4. The number of carboxylic acids is 1. The summed E-state index contributed by atoms with van der Waals surface area (Å²) in [6.07, 6.45) is 2.73. The summed E-state index contributed by atoms with van der Waals surface area (Å²) in [4.78, 5) is 25.8. The molecule has 0 aliphatic heterocycles. The van der Waals surface area contributed by atoms with Crippen LogP contribution in [0, 0.1) is 0 Å². The number of thioether (sulfide) groups is 1. The molecule has 1 amide bonds. The van der Waals surface area contributed by atoms with Crippen LogP contribution in [0.5, 0.6) is 0 Å². The van der Waals surface area contributed by atoms with Gasteiger partial charge in [0.05, 0.1) is 5.75 Å². The van der Waals surface area contributed by atoms with Crippen LogP contribution in [0.25, 0.3) is 0 Å². The predicted octanol–water partition coefficient (Wildman–Crippen LogP) is 0.948. The molecule has 0 radical (unpaired) electrons. The minimum Gasteiger partial charge on any atom is -0.481 e. The molecule has 18 heavy (non-hydrogen) atoms. The van der Waals surface area contributed by atoms with Crippen LogP contribution in [0.1, 0.15) is 12.1 Å². The lowest BCUT2D eigenvalue weighted by Gasteiger charge is -2.04. The van der Waals surface area contributed by atoms with Crippen LogP contribution in [-0.4, -0.2) is 40.0 Å². The molecule has 0 unspecified atom stereocenters. The Labute approximate surface area is 110 Å². The Hall–Kier alpha value is -1.56. The number of aryl methyl sites for hydroxylation is 1. The molecule has 6 heteroatoms. The van der Waals surface area contributed by atoms with Gasteiger partial charge in [-0.1, -0.05) is 6.07 Å². The molecule has 0 aliphatic carbocycles. The predicted molar refractivity (Wildman–Crippen MR) is 70.5 cm³/mol. The molecule has 1 aromatic heterocycles. The Morgan fingerprint density at radius 3 is 2.89 bits per heavy atom. The molecule has 0 aliphatic rings. The van der Waals surface area contributed by atoms with Crippen molar-refractivity contribution in [1.29, 1.82) is 0 Å². The van der Waals surface area contributed by atoms with Crippen LogP contribution in [-0.2, 0) is 16.0 Å². The molecule has 0 bridgehead atoms. The second-order valence-electron chi connectivity index (χ2n) is 3.62. The van der Waals surface area contributed by atoms with E-state index in [1.165, 1.54) is 11.8 Å². The average Bonchev–Trinajstić information content (AvgIpc) is 2.37. The van der Waals surface area contributed by atoms with Gasteiger partial charge in [-0.05, 0) is 18.6 Å². The highest BCUT2D eigenvalue weighted by Gasteiger charge is 2.02. The van der Waals surface area contributed by atoms with E-state index in [1.54, 1.807) is 6.20 Å². The van der Waals surface area contributed by atoms with Gasteiger partial charge < -0.3 is 10.4 Å². The summed E-state index contributed by atoms with van der Waals surface area (Å²) in [6, 6.07) is 5.61. The number of aliphatic carboxylic acids is 1. The summed E-state index contributed by atoms with van der Waals surface area (Å²) < 4.78 is 0.